The van der Waals surface area contributed by atoms with Gasteiger partial charge < -0.3 is 15.7 Å². The van der Waals surface area contributed by atoms with Crippen LogP contribution in [0.1, 0.15) is 22.8 Å². The summed E-state index contributed by atoms with van der Waals surface area (Å²) in [6.07, 6.45) is -1.31. The number of carbonyl (C=O) groups excluding carboxylic acids is 2. The molecule has 0 aromatic heterocycles. The van der Waals surface area contributed by atoms with Gasteiger partial charge in [0.2, 0.25) is 5.91 Å². The summed E-state index contributed by atoms with van der Waals surface area (Å²) in [6, 6.07) is 10.2. The quantitative estimate of drug-likeness (QED) is 0.633. The second-order valence-electron chi connectivity index (χ2n) is 5.19. The summed E-state index contributed by atoms with van der Waals surface area (Å²) in [4.78, 5) is 35.5. The summed E-state index contributed by atoms with van der Waals surface area (Å²) in [5.74, 6) is -0.873. The minimum atomic E-state index is -1.31. The second-order valence-corrected chi connectivity index (χ2v) is 6.54. The standard InChI is InChI=1S/C17H14BrClN2O4/c1-9(20-17(24)25)16(23)21-14-7-4-11(18)8-13(14)15(22)10-2-5-12(19)6-3-10/h2-9,20H,1H3,(H,21,23)(H,24,25)/t9-/m1/s1. The second kappa shape index (κ2) is 8.13. The minimum absolute atomic E-state index is 0.271. The number of halogens is 2. The number of nitrogens with one attached hydrogen (secondary N) is 2. The Bertz CT molecular complexity index is 824. The van der Waals surface area contributed by atoms with Crippen molar-refractivity contribution in [2.45, 2.75) is 13.0 Å². The molecule has 130 valence electrons. The van der Waals surface area contributed by atoms with Crippen molar-refractivity contribution in [1.29, 1.82) is 0 Å². The average Bonchev–Trinajstić information content (AvgIpc) is 2.55. The Balaban J connectivity index is 2.31. The van der Waals surface area contributed by atoms with Gasteiger partial charge in [0.15, 0.2) is 5.78 Å². The van der Waals surface area contributed by atoms with Crippen molar-refractivity contribution < 1.29 is 19.5 Å². The topological polar surface area (TPSA) is 95.5 Å². The highest BCUT2D eigenvalue weighted by Crippen LogP contribution is 2.24. The van der Waals surface area contributed by atoms with Crippen LogP contribution in [0.3, 0.4) is 0 Å². The normalized spacial score (nSPS) is 11.5. The van der Waals surface area contributed by atoms with Crippen LogP contribution in [0.15, 0.2) is 46.9 Å². The molecule has 1 atom stereocenters. The van der Waals surface area contributed by atoms with Crippen LogP contribution in [0.25, 0.3) is 0 Å². The third-order valence-electron chi connectivity index (χ3n) is 3.32. The molecule has 0 aliphatic heterocycles. The lowest BCUT2D eigenvalue weighted by Crippen LogP contribution is -2.41. The molecule has 2 rings (SSSR count). The third-order valence-corrected chi connectivity index (χ3v) is 4.07. The molecule has 0 saturated heterocycles. The summed E-state index contributed by atoms with van der Waals surface area (Å²) < 4.78 is 0.666. The Morgan fingerprint density at radius 1 is 1.12 bits per heavy atom. The van der Waals surface area contributed by atoms with Gasteiger partial charge in [-0.1, -0.05) is 27.5 Å². The lowest BCUT2D eigenvalue weighted by Gasteiger charge is -2.15. The molecule has 25 heavy (non-hydrogen) atoms. The monoisotopic (exact) mass is 424 g/mol. The molecule has 0 spiro atoms. The van der Waals surface area contributed by atoms with Gasteiger partial charge in [-0.25, -0.2) is 4.79 Å². The van der Waals surface area contributed by atoms with Crippen LogP contribution in [-0.2, 0) is 4.79 Å². The summed E-state index contributed by atoms with van der Waals surface area (Å²) >= 11 is 9.13. The highest BCUT2D eigenvalue weighted by atomic mass is 79.9. The Kier molecular flexibility index (Phi) is 6.17. The van der Waals surface area contributed by atoms with Gasteiger partial charge in [0, 0.05) is 20.6 Å². The van der Waals surface area contributed by atoms with Gasteiger partial charge >= 0.3 is 6.09 Å². The van der Waals surface area contributed by atoms with Crippen molar-refractivity contribution in [2.75, 3.05) is 5.32 Å². The van der Waals surface area contributed by atoms with E-state index in [1.54, 1.807) is 42.5 Å². The van der Waals surface area contributed by atoms with E-state index >= 15 is 0 Å². The molecule has 2 aromatic rings. The maximum atomic E-state index is 12.7. The van der Waals surface area contributed by atoms with Crippen molar-refractivity contribution in [3.05, 3.63) is 63.1 Å². The van der Waals surface area contributed by atoms with E-state index in [1.165, 1.54) is 6.92 Å². The van der Waals surface area contributed by atoms with Crippen LogP contribution in [0.4, 0.5) is 10.5 Å². The van der Waals surface area contributed by atoms with Gasteiger partial charge in [0.1, 0.15) is 6.04 Å². The Labute approximate surface area is 157 Å². The predicted octanol–water partition coefficient (Wildman–Crippen LogP) is 3.93. The first-order valence-electron chi connectivity index (χ1n) is 7.18. The van der Waals surface area contributed by atoms with Crippen LogP contribution in [0.5, 0.6) is 0 Å². The number of amides is 2. The molecule has 3 N–H and O–H groups in total. The molecule has 0 aliphatic carbocycles. The van der Waals surface area contributed by atoms with Gasteiger partial charge in [0.25, 0.3) is 0 Å². The fourth-order valence-corrected chi connectivity index (χ4v) is 2.55. The van der Waals surface area contributed by atoms with Crippen LogP contribution in [-0.4, -0.2) is 28.9 Å². The van der Waals surface area contributed by atoms with Crippen molar-refractivity contribution >= 4 is 51.0 Å². The van der Waals surface area contributed by atoms with Crippen molar-refractivity contribution in [3.8, 4) is 0 Å². The lowest BCUT2D eigenvalue weighted by atomic mass is 10.0. The maximum Gasteiger partial charge on any atom is 0.405 e. The molecule has 8 heteroatoms. The Morgan fingerprint density at radius 2 is 1.76 bits per heavy atom. The number of hydrogen-bond donors (Lipinski definition) is 3. The average molecular weight is 426 g/mol. The van der Waals surface area contributed by atoms with Crippen molar-refractivity contribution in [2.24, 2.45) is 0 Å². The molecule has 6 nitrogen and oxygen atoms in total. The van der Waals surface area contributed by atoms with Gasteiger partial charge in [-0.3, -0.25) is 9.59 Å². The fraction of sp³-hybridized carbons (Fsp3) is 0.118. The van der Waals surface area contributed by atoms with Crippen molar-refractivity contribution in [1.82, 2.24) is 5.32 Å². The van der Waals surface area contributed by atoms with E-state index in [-0.39, 0.29) is 17.0 Å². The first-order valence-corrected chi connectivity index (χ1v) is 8.35. The largest absolute Gasteiger partial charge is 0.465 e. The van der Waals surface area contributed by atoms with E-state index in [0.717, 1.165) is 0 Å². The summed E-state index contributed by atoms with van der Waals surface area (Å²) in [7, 11) is 0. The van der Waals surface area contributed by atoms with Crippen molar-refractivity contribution in [3.63, 3.8) is 0 Å². The molecular formula is C17H14BrClN2O4. The summed E-state index contributed by atoms with van der Waals surface area (Å²) in [5, 5.41) is 13.8. The molecule has 2 aromatic carbocycles. The number of anilines is 1. The summed E-state index contributed by atoms with van der Waals surface area (Å²) in [5.41, 5.74) is 0.967. The number of hydrogen-bond acceptors (Lipinski definition) is 3. The van der Waals surface area contributed by atoms with E-state index in [9.17, 15) is 14.4 Å². The van der Waals surface area contributed by atoms with Gasteiger partial charge in [-0.15, -0.1) is 0 Å². The minimum Gasteiger partial charge on any atom is -0.465 e. The molecule has 0 heterocycles. The van der Waals surface area contributed by atoms with E-state index in [0.29, 0.717) is 15.1 Å². The number of ketones is 1. The molecule has 0 unspecified atom stereocenters. The fourth-order valence-electron chi connectivity index (χ4n) is 2.06. The lowest BCUT2D eigenvalue weighted by molar-refractivity contribution is -0.117. The highest BCUT2D eigenvalue weighted by molar-refractivity contribution is 9.10. The zero-order chi connectivity index (χ0) is 18.6. The van der Waals surface area contributed by atoms with E-state index < -0.39 is 18.0 Å². The smallest absolute Gasteiger partial charge is 0.405 e. The SMILES string of the molecule is C[C@@H](NC(=O)O)C(=O)Nc1ccc(Br)cc1C(=O)c1ccc(Cl)cc1. The van der Waals surface area contributed by atoms with E-state index in [4.69, 9.17) is 16.7 Å². The number of carboxylic acid groups (broad SMARTS) is 1. The first-order chi connectivity index (χ1) is 11.8. The van der Waals surface area contributed by atoms with Crippen LogP contribution in [0, 0.1) is 0 Å². The molecule has 2 amide bonds. The Morgan fingerprint density at radius 3 is 2.36 bits per heavy atom. The van der Waals surface area contributed by atoms with E-state index in [1.807, 2.05) is 0 Å². The molecule has 0 bridgehead atoms. The van der Waals surface area contributed by atoms with Gasteiger partial charge in [-0.2, -0.15) is 0 Å². The zero-order valence-corrected chi connectivity index (χ0v) is 15.4. The molecule has 0 fully saturated rings. The third kappa shape index (κ3) is 5.04. The molecule has 0 aliphatic rings. The molecular weight excluding hydrogens is 412 g/mol. The van der Waals surface area contributed by atoms with Gasteiger partial charge in [-0.05, 0) is 49.4 Å². The van der Waals surface area contributed by atoms with Crippen LogP contribution >= 0.6 is 27.5 Å². The highest BCUT2D eigenvalue weighted by Gasteiger charge is 2.19. The molecule has 0 saturated carbocycles. The Hall–Kier alpha value is -2.38. The van der Waals surface area contributed by atoms with Crippen LogP contribution < -0.4 is 10.6 Å². The maximum absolute atomic E-state index is 12.7. The summed E-state index contributed by atoms with van der Waals surface area (Å²) in [6.45, 7) is 1.41. The number of carbonyl (C=O) groups is 3. The number of rotatable bonds is 5. The first kappa shape index (κ1) is 19.0. The van der Waals surface area contributed by atoms with Crippen LogP contribution in [0.2, 0.25) is 5.02 Å². The predicted molar refractivity (Wildman–Crippen MR) is 98.3 cm³/mol. The molecule has 0 radical (unpaired) electrons. The van der Waals surface area contributed by atoms with Gasteiger partial charge in [0.05, 0.1) is 5.69 Å². The number of benzene rings is 2. The zero-order valence-electron chi connectivity index (χ0n) is 13.0. The van der Waals surface area contributed by atoms with E-state index in [2.05, 4.69) is 26.6 Å².